The zero-order valence-electron chi connectivity index (χ0n) is 13.1. The third kappa shape index (κ3) is 3.02. The van der Waals surface area contributed by atoms with Crippen LogP contribution < -0.4 is 0 Å². The Bertz CT molecular complexity index is 979. The van der Waals surface area contributed by atoms with Gasteiger partial charge >= 0.3 is 12.1 Å². The first-order valence-corrected chi connectivity index (χ1v) is 8.23. The van der Waals surface area contributed by atoms with Crippen LogP contribution in [0.1, 0.15) is 17.4 Å². The van der Waals surface area contributed by atoms with Crippen molar-refractivity contribution in [3.05, 3.63) is 58.4 Å². The van der Waals surface area contributed by atoms with Crippen molar-refractivity contribution in [2.75, 3.05) is 6.61 Å². The molecule has 3 aromatic rings. The quantitative estimate of drug-likeness (QED) is 0.671. The molecule has 0 fully saturated rings. The number of aromatic carboxylic acids is 1. The summed E-state index contributed by atoms with van der Waals surface area (Å²) < 4.78 is 19.4. The monoisotopic (exact) mass is 405 g/mol. The van der Waals surface area contributed by atoms with E-state index in [1.807, 2.05) is 0 Å². The average molecular weight is 406 g/mol. The maximum atomic E-state index is 13.1. The number of carboxylic acids is 1. The predicted molar refractivity (Wildman–Crippen MR) is 94.4 cm³/mol. The molecule has 0 spiro atoms. The van der Waals surface area contributed by atoms with Crippen molar-refractivity contribution >= 4 is 38.9 Å². The molecule has 0 radical (unpaired) electrons. The van der Waals surface area contributed by atoms with Gasteiger partial charge in [-0.05, 0) is 52.2 Å². The Morgan fingerprint density at radius 2 is 1.80 bits per heavy atom. The van der Waals surface area contributed by atoms with Crippen LogP contribution in [-0.4, -0.2) is 28.3 Å². The van der Waals surface area contributed by atoms with Crippen molar-refractivity contribution in [1.29, 1.82) is 0 Å². The van der Waals surface area contributed by atoms with E-state index in [9.17, 15) is 19.1 Å². The van der Waals surface area contributed by atoms with Crippen LogP contribution >= 0.6 is 15.9 Å². The molecule has 1 aromatic heterocycles. The zero-order valence-corrected chi connectivity index (χ0v) is 14.7. The summed E-state index contributed by atoms with van der Waals surface area (Å²) in [4.78, 5) is 23.9. The second kappa shape index (κ2) is 6.68. The van der Waals surface area contributed by atoms with Crippen molar-refractivity contribution in [3.8, 4) is 11.1 Å². The summed E-state index contributed by atoms with van der Waals surface area (Å²) >= 11 is 3.25. The Morgan fingerprint density at radius 1 is 1.16 bits per heavy atom. The molecule has 0 saturated heterocycles. The minimum absolute atomic E-state index is 0.118. The van der Waals surface area contributed by atoms with Crippen molar-refractivity contribution < 1.29 is 23.8 Å². The van der Waals surface area contributed by atoms with Gasteiger partial charge in [-0.1, -0.05) is 24.3 Å². The first-order valence-electron chi connectivity index (χ1n) is 7.44. The Hall–Kier alpha value is -2.67. The summed E-state index contributed by atoms with van der Waals surface area (Å²) in [7, 11) is 0. The van der Waals surface area contributed by atoms with Crippen LogP contribution in [-0.2, 0) is 4.74 Å². The van der Waals surface area contributed by atoms with E-state index >= 15 is 0 Å². The predicted octanol–water partition coefficient (Wildman–Crippen LogP) is 4.91. The number of hydrogen-bond acceptors (Lipinski definition) is 3. The van der Waals surface area contributed by atoms with E-state index in [2.05, 4.69) is 15.9 Å². The van der Waals surface area contributed by atoms with Gasteiger partial charge in [0.1, 0.15) is 5.82 Å². The minimum Gasteiger partial charge on any atom is -0.477 e. The summed E-state index contributed by atoms with van der Waals surface area (Å²) in [6.07, 6.45) is -0.771. The number of carbonyl (C=O) groups is 2. The molecule has 2 aromatic carbocycles. The Kier molecular flexibility index (Phi) is 4.59. The van der Waals surface area contributed by atoms with Gasteiger partial charge in [-0.15, -0.1) is 0 Å². The van der Waals surface area contributed by atoms with Gasteiger partial charge in [-0.3, -0.25) is 0 Å². The fourth-order valence-corrected chi connectivity index (χ4v) is 3.32. The van der Waals surface area contributed by atoms with Crippen LogP contribution in [0.4, 0.5) is 9.18 Å². The highest BCUT2D eigenvalue weighted by Crippen LogP contribution is 2.34. The van der Waals surface area contributed by atoms with E-state index in [1.165, 1.54) is 12.1 Å². The summed E-state index contributed by atoms with van der Waals surface area (Å²) in [6.45, 7) is 1.76. The van der Waals surface area contributed by atoms with Gasteiger partial charge in [-0.2, -0.15) is 0 Å². The third-order valence-corrected chi connectivity index (χ3v) is 4.54. The van der Waals surface area contributed by atoms with E-state index in [4.69, 9.17) is 4.74 Å². The molecular weight excluding hydrogens is 393 g/mol. The summed E-state index contributed by atoms with van der Waals surface area (Å²) in [5.41, 5.74) is 1.65. The lowest BCUT2D eigenvalue weighted by molar-refractivity contribution is 0.0681. The van der Waals surface area contributed by atoms with E-state index in [0.29, 0.717) is 15.4 Å². The summed E-state index contributed by atoms with van der Waals surface area (Å²) in [5, 5.41) is 10.0. The molecule has 0 saturated carbocycles. The van der Waals surface area contributed by atoms with E-state index in [1.54, 1.807) is 37.3 Å². The largest absolute Gasteiger partial charge is 0.477 e. The Morgan fingerprint density at radius 3 is 2.40 bits per heavy atom. The molecule has 128 valence electrons. The molecule has 7 heteroatoms. The number of nitrogens with zero attached hydrogens (tertiary/aromatic N) is 1. The number of fused-ring (bicyclic) bond motifs is 1. The first kappa shape index (κ1) is 17.2. The van der Waals surface area contributed by atoms with Crippen molar-refractivity contribution in [2.24, 2.45) is 0 Å². The van der Waals surface area contributed by atoms with Crippen molar-refractivity contribution in [1.82, 2.24) is 4.57 Å². The Balaban J connectivity index is 2.27. The fourth-order valence-electron chi connectivity index (χ4n) is 2.64. The van der Waals surface area contributed by atoms with Crippen molar-refractivity contribution in [2.45, 2.75) is 6.92 Å². The lowest BCUT2D eigenvalue weighted by atomic mass is 10.0. The highest BCUT2D eigenvalue weighted by atomic mass is 79.9. The zero-order chi connectivity index (χ0) is 18.1. The minimum atomic E-state index is -1.25. The molecule has 5 nitrogen and oxygen atoms in total. The SMILES string of the molecule is CCOC(=O)n1c(C(=O)O)c(Br)c2ccc(-c3ccc(F)cc3)cc21. The van der Waals surface area contributed by atoms with Gasteiger partial charge < -0.3 is 9.84 Å². The number of ether oxygens (including phenoxy) is 1. The molecule has 3 rings (SSSR count). The number of aromatic nitrogens is 1. The standard InChI is InChI=1S/C18H13BrFNO4/c1-2-25-18(24)21-14-9-11(10-3-6-12(20)7-4-10)5-8-13(14)15(19)16(21)17(22)23/h3-9H,2H2,1H3,(H,22,23). The molecule has 1 heterocycles. The molecule has 0 amide bonds. The lowest BCUT2D eigenvalue weighted by Gasteiger charge is -2.08. The average Bonchev–Trinajstić information content (AvgIpc) is 2.88. The van der Waals surface area contributed by atoms with Gasteiger partial charge in [0.05, 0.1) is 16.6 Å². The molecule has 0 aliphatic carbocycles. The smallest absolute Gasteiger partial charge is 0.419 e. The highest BCUT2D eigenvalue weighted by molar-refractivity contribution is 9.10. The van der Waals surface area contributed by atoms with Crippen LogP contribution in [0.3, 0.4) is 0 Å². The van der Waals surface area contributed by atoms with Gasteiger partial charge in [0.2, 0.25) is 0 Å². The molecule has 1 N–H and O–H groups in total. The molecule has 0 unspecified atom stereocenters. The maximum absolute atomic E-state index is 13.1. The van der Waals surface area contributed by atoms with E-state index in [0.717, 1.165) is 15.7 Å². The lowest BCUT2D eigenvalue weighted by Crippen LogP contribution is -2.19. The Labute approximate surface area is 150 Å². The number of benzene rings is 2. The van der Waals surface area contributed by atoms with Crippen LogP contribution in [0.5, 0.6) is 0 Å². The normalized spacial score (nSPS) is 10.8. The molecular formula is C18H13BrFNO4. The third-order valence-electron chi connectivity index (χ3n) is 3.74. The second-order valence-corrected chi connectivity index (χ2v) is 6.03. The molecule has 25 heavy (non-hydrogen) atoms. The number of rotatable bonds is 3. The van der Waals surface area contributed by atoms with Gasteiger partial charge in [0, 0.05) is 5.39 Å². The molecule has 0 atom stereocenters. The number of carbonyl (C=O) groups excluding carboxylic acids is 1. The molecule has 0 aliphatic rings. The van der Waals surface area contributed by atoms with Crippen LogP contribution in [0, 0.1) is 5.82 Å². The highest BCUT2D eigenvalue weighted by Gasteiger charge is 2.25. The van der Waals surface area contributed by atoms with E-state index < -0.39 is 12.1 Å². The molecule has 0 aliphatic heterocycles. The van der Waals surface area contributed by atoms with Gasteiger partial charge in [0.25, 0.3) is 0 Å². The summed E-state index contributed by atoms with van der Waals surface area (Å²) in [6, 6.07) is 11.1. The van der Waals surface area contributed by atoms with Gasteiger partial charge in [0.15, 0.2) is 5.69 Å². The number of carboxylic acid groups (broad SMARTS) is 1. The first-order chi connectivity index (χ1) is 11.9. The topological polar surface area (TPSA) is 68.5 Å². The van der Waals surface area contributed by atoms with Crippen LogP contribution in [0.2, 0.25) is 0 Å². The van der Waals surface area contributed by atoms with E-state index in [-0.39, 0.29) is 18.1 Å². The van der Waals surface area contributed by atoms with Crippen LogP contribution in [0.25, 0.3) is 22.0 Å². The number of halogens is 2. The van der Waals surface area contributed by atoms with Gasteiger partial charge in [-0.25, -0.2) is 18.5 Å². The maximum Gasteiger partial charge on any atom is 0.419 e. The van der Waals surface area contributed by atoms with Crippen LogP contribution in [0.15, 0.2) is 46.9 Å². The fraction of sp³-hybridized carbons (Fsp3) is 0.111. The summed E-state index contributed by atoms with van der Waals surface area (Å²) in [5.74, 6) is -1.60. The molecule has 0 bridgehead atoms. The second-order valence-electron chi connectivity index (χ2n) is 5.24. The number of hydrogen-bond donors (Lipinski definition) is 1. The van der Waals surface area contributed by atoms with Crippen molar-refractivity contribution in [3.63, 3.8) is 0 Å².